The first-order valence-corrected chi connectivity index (χ1v) is 9.06. The summed E-state index contributed by atoms with van der Waals surface area (Å²) in [4.78, 5) is 4.37. The van der Waals surface area contributed by atoms with Gasteiger partial charge in [0.25, 0.3) is 0 Å². The first-order chi connectivity index (χ1) is 11.7. The van der Waals surface area contributed by atoms with E-state index in [0.29, 0.717) is 26.1 Å². The Morgan fingerprint density at radius 1 is 1.08 bits per heavy atom. The predicted octanol–water partition coefficient (Wildman–Crippen LogP) is 0.719. The van der Waals surface area contributed by atoms with E-state index < -0.39 is 23.9 Å². The summed E-state index contributed by atoms with van der Waals surface area (Å²) in [5, 5.41) is 14.8. The first-order valence-electron chi connectivity index (χ1n) is 9.06. The Morgan fingerprint density at radius 3 is 2.28 bits per heavy atom. The molecular formula is C18H27BN2O4. The number of piperidine rings is 1. The van der Waals surface area contributed by atoms with E-state index in [0.717, 1.165) is 11.0 Å². The van der Waals surface area contributed by atoms with Crippen molar-refractivity contribution in [3.05, 3.63) is 24.0 Å². The summed E-state index contributed by atoms with van der Waals surface area (Å²) in [7, 11) is -0.467. The van der Waals surface area contributed by atoms with Crippen LogP contribution in [0, 0.1) is 0 Å². The van der Waals surface area contributed by atoms with Gasteiger partial charge in [-0.05, 0) is 40.5 Å². The number of hydrogen-bond donors (Lipinski definition) is 2. The molecule has 0 saturated carbocycles. The van der Waals surface area contributed by atoms with E-state index in [-0.39, 0.29) is 12.1 Å². The highest BCUT2D eigenvalue weighted by molar-refractivity contribution is 6.62. The Bertz CT molecular complexity index is 638. The fourth-order valence-corrected chi connectivity index (χ4v) is 3.97. The van der Waals surface area contributed by atoms with E-state index in [1.807, 2.05) is 33.8 Å². The van der Waals surface area contributed by atoms with Gasteiger partial charge in [0.15, 0.2) is 0 Å². The number of aliphatic hydroxyl groups is 1. The number of aromatic nitrogens is 1. The molecule has 0 aromatic carbocycles. The Labute approximate surface area is 149 Å². The molecule has 7 heteroatoms. The van der Waals surface area contributed by atoms with Gasteiger partial charge < -0.3 is 24.5 Å². The van der Waals surface area contributed by atoms with Crippen molar-refractivity contribution in [3.8, 4) is 0 Å². The minimum absolute atomic E-state index is 0.179. The van der Waals surface area contributed by atoms with E-state index in [1.165, 1.54) is 0 Å². The fraction of sp³-hybridized carbons (Fsp3) is 0.722. The molecule has 4 rings (SSSR count). The van der Waals surface area contributed by atoms with Crippen molar-refractivity contribution in [1.29, 1.82) is 0 Å². The third-order valence-electron chi connectivity index (χ3n) is 6.10. The van der Waals surface area contributed by atoms with Gasteiger partial charge in [-0.2, -0.15) is 0 Å². The van der Waals surface area contributed by atoms with Crippen molar-refractivity contribution in [1.82, 2.24) is 10.3 Å². The minimum atomic E-state index is -0.892. The van der Waals surface area contributed by atoms with E-state index in [9.17, 15) is 5.11 Å². The van der Waals surface area contributed by atoms with Crippen LogP contribution in [0.25, 0.3) is 0 Å². The molecule has 1 aromatic heterocycles. The van der Waals surface area contributed by atoms with Crippen LogP contribution in [0.5, 0.6) is 0 Å². The quantitative estimate of drug-likeness (QED) is 0.769. The van der Waals surface area contributed by atoms with Crippen molar-refractivity contribution in [3.63, 3.8) is 0 Å². The highest BCUT2D eigenvalue weighted by Gasteiger charge is 2.52. The smallest absolute Gasteiger partial charge is 0.399 e. The first kappa shape index (κ1) is 17.4. The maximum atomic E-state index is 11.3. The number of hydrogen-bond acceptors (Lipinski definition) is 6. The summed E-state index contributed by atoms with van der Waals surface area (Å²) in [6.45, 7) is 9.42. The van der Waals surface area contributed by atoms with Crippen LogP contribution in [0.1, 0.15) is 46.1 Å². The second-order valence-corrected chi connectivity index (χ2v) is 8.63. The van der Waals surface area contributed by atoms with Crippen molar-refractivity contribution in [2.45, 2.75) is 69.4 Å². The minimum Gasteiger partial charge on any atom is -0.399 e. The summed E-state index contributed by atoms with van der Waals surface area (Å²) in [5.74, 6) is 0. The lowest BCUT2D eigenvalue weighted by Gasteiger charge is -2.45. The molecule has 3 aliphatic rings. The molecule has 2 N–H and O–H groups in total. The monoisotopic (exact) mass is 346 g/mol. The van der Waals surface area contributed by atoms with Gasteiger partial charge in [0, 0.05) is 35.5 Å². The summed E-state index contributed by atoms with van der Waals surface area (Å²) >= 11 is 0. The molecule has 136 valence electrons. The SMILES string of the molecule is CC1(C)OB(c2cncc(C3(O)CC4COCC(C3)N4)c2)OC1(C)C. The van der Waals surface area contributed by atoms with Crippen LogP contribution in [0.4, 0.5) is 0 Å². The predicted molar refractivity (Wildman–Crippen MR) is 94.6 cm³/mol. The number of fused-ring (bicyclic) bond motifs is 2. The largest absolute Gasteiger partial charge is 0.496 e. The highest BCUT2D eigenvalue weighted by atomic mass is 16.7. The molecule has 0 spiro atoms. The molecule has 1 aromatic rings. The Hall–Kier alpha value is -0.985. The van der Waals surface area contributed by atoms with Gasteiger partial charge in [-0.3, -0.25) is 4.98 Å². The van der Waals surface area contributed by atoms with Crippen molar-refractivity contribution in [2.75, 3.05) is 13.2 Å². The molecule has 0 radical (unpaired) electrons. The zero-order valence-corrected chi connectivity index (χ0v) is 15.4. The van der Waals surface area contributed by atoms with Crippen LogP contribution in [0.2, 0.25) is 0 Å². The van der Waals surface area contributed by atoms with Crippen LogP contribution in [0.15, 0.2) is 18.5 Å². The molecule has 2 bridgehead atoms. The van der Waals surface area contributed by atoms with Gasteiger partial charge in [0.05, 0.1) is 30.0 Å². The summed E-state index contributed by atoms with van der Waals surface area (Å²) in [5.41, 5.74) is 0.000853. The van der Waals surface area contributed by atoms with E-state index in [4.69, 9.17) is 14.0 Å². The number of morpholine rings is 1. The number of rotatable bonds is 2. The molecule has 2 unspecified atom stereocenters. The molecular weight excluding hydrogens is 319 g/mol. The van der Waals surface area contributed by atoms with Gasteiger partial charge in [0.2, 0.25) is 0 Å². The van der Waals surface area contributed by atoms with Crippen LogP contribution in [0.3, 0.4) is 0 Å². The van der Waals surface area contributed by atoms with Crippen LogP contribution >= 0.6 is 0 Å². The molecule has 4 heterocycles. The second kappa shape index (κ2) is 5.76. The summed E-state index contributed by atoms with van der Waals surface area (Å²) < 4.78 is 17.8. The molecule has 3 aliphatic heterocycles. The van der Waals surface area contributed by atoms with Gasteiger partial charge in [-0.1, -0.05) is 6.07 Å². The van der Waals surface area contributed by atoms with Crippen LogP contribution in [-0.4, -0.2) is 53.7 Å². The van der Waals surface area contributed by atoms with Gasteiger partial charge in [0.1, 0.15) is 0 Å². The molecule has 2 atom stereocenters. The van der Waals surface area contributed by atoms with E-state index in [1.54, 1.807) is 12.4 Å². The van der Waals surface area contributed by atoms with E-state index in [2.05, 4.69) is 10.3 Å². The Balaban J connectivity index is 1.60. The van der Waals surface area contributed by atoms with Crippen molar-refractivity contribution in [2.24, 2.45) is 0 Å². The molecule has 0 amide bonds. The molecule has 6 nitrogen and oxygen atoms in total. The zero-order valence-electron chi connectivity index (χ0n) is 15.4. The lowest BCUT2D eigenvalue weighted by atomic mass is 9.74. The van der Waals surface area contributed by atoms with Gasteiger partial charge >= 0.3 is 7.12 Å². The molecule has 0 aliphatic carbocycles. The fourth-order valence-electron chi connectivity index (χ4n) is 3.97. The Kier molecular flexibility index (Phi) is 4.01. The zero-order chi connectivity index (χ0) is 17.9. The Morgan fingerprint density at radius 2 is 1.68 bits per heavy atom. The molecule has 3 saturated heterocycles. The van der Waals surface area contributed by atoms with Crippen molar-refractivity contribution >= 4 is 12.6 Å². The van der Waals surface area contributed by atoms with Gasteiger partial charge in [-0.25, -0.2) is 0 Å². The van der Waals surface area contributed by atoms with Gasteiger partial charge in [-0.15, -0.1) is 0 Å². The van der Waals surface area contributed by atoms with E-state index >= 15 is 0 Å². The molecule has 25 heavy (non-hydrogen) atoms. The third kappa shape index (κ3) is 3.02. The number of pyridine rings is 1. The maximum Gasteiger partial charge on any atom is 0.496 e. The van der Waals surface area contributed by atoms with Crippen LogP contribution < -0.4 is 10.8 Å². The van der Waals surface area contributed by atoms with Crippen molar-refractivity contribution < 1.29 is 19.2 Å². The summed E-state index contributed by atoms with van der Waals surface area (Å²) in [6.07, 6.45) is 4.77. The lowest BCUT2D eigenvalue weighted by Crippen LogP contribution is -2.58. The maximum absolute atomic E-state index is 11.3. The second-order valence-electron chi connectivity index (χ2n) is 8.63. The highest BCUT2D eigenvalue weighted by Crippen LogP contribution is 2.38. The number of ether oxygens (including phenoxy) is 1. The average Bonchev–Trinajstić information content (AvgIpc) is 2.75. The lowest BCUT2D eigenvalue weighted by molar-refractivity contribution is -0.0803. The normalized spacial score (nSPS) is 36.4. The topological polar surface area (TPSA) is 72.8 Å². The van der Waals surface area contributed by atoms with Crippen LogP contribution in [-0.2, 0) is 19.6 Å². The summed E-state index contributed by atoms with van der Waals surface area (Å²) in [6, 6.07) is 2.34. The third-order valence-corrected chi connectivity index (χ3v) is 6.10. The average molecular weight is 346 g/mol. The standard InChI is InChI=1S/C18H27BN2O4/c1-16(2)17(3,4)25-19(24-16)13-5-12(8-20-9-13)18(22)6-14-10-23-11-15(7-18)21-14/h5,8-9,14-15,21-22H,6-7,10-11H2,1-4H3. The number of nitrogens with one attached hydrogen (secondary N) is 1. The molecule has 3 fully saturated rings. The number of nitrogens with zero attached hydrogens (tertiary/aromatic N) is 1.